The van der Waals surface area contributed by atoms with Crippen molar-refractivity contribution in [2.24, 2.45) is 7.05 Å². The van der Waals surface area contributed by atoms with E-state index < -0.39 is 0 Å². The highest BCUT2D eigenvalue weighted by molar-refractivity contribution is 5.90. The smallest absolute Gasteiger partial charge is 0.338 e. The first-order valence-corrected chi connectivity index (χ1v) is 10.7. The molecule has 1 N–H and O–H groups in total. The molecule has 2 aromatic carbocycles. The predicted octanol–water partition coefficient (Wildman–Crippen LogP) is 4.37. The number of anilines is 1. The summed E-state index contributed by atoms with van der Waals surface area (Å²) in [6, 6.07) is 18.2. The number of aryl methyl sites for hydroxylation is 1. The third-order valence-corrected chi connectivity index (χ3v) is 6.33. The van der Waals surface area contributed by atoms with E-state index in [1.807, 2.05) is 6.07 Å². The molecule has 5 rings (SSSR count). The van der Waals surface area contributed by atoms with E-state index in [0.29, 0.717) is 11.6 Å². The highest BCUT2D eigenvalue weighted by Crippen LogP contribution is 2.28. The monoisotopic (exact) mass is 417 g/mol. The number of ether oxygens (including phenoxy) is 1. The normalized spacial score (nSPS) is 15.5. The Morgan fingerprint density at radius 2 is 1.90 bits per heavy atom. The van der Waals surface area contributed by atoms with Gasteiger partial charge >= 0.3 is 5.63 Å². The highest BCUT2D eigenvalue weighted by Gasteiger charge is 2.21. The summed E-state index contributed by atoms with van der Waals surface area (Å²) in [4.78, 5) is 14.5. The van der Waals surface area contributed by atoms with Gasteiger partial charge < -0.3 is 19.0 Å². The number of nitrogens with one attached hydrogen (secondary N) is 1. The fourth-order valence-corrected chi connectivity index (χ4v) is 4.57. The number of piperidine rings is 1. The predicted molar refractivity (Wildman–Crippen MR) is 124 cm³/mol. The summed E-state index contributed by atoms with van der Waals surface area (Å²) >= 11 is 0. The molecular formula is C25H27N3O3. The molecule has 1 aliphatic rings. The van der Waals surface area contributed by atoms with Crippen LogP contribution in [-0.2, 0) is 13.6 Å². The van der Waals surface area contributed by atoms with Crippen molar-refractivity contribution in [1.82, 2.24) is 9.47 Å². The maximum Gasteiger partial charge on any atom is 0.338 e. The molecule has 6 heteroatoms. The molecule has 160 valence electrons. The second-order valence-corrected chi connectivity index (χ2v) is 8.29. The Bertz CT molecular complexity index is 1280. The standard InChI is InChI=1S/C25H27N3O3/c1-27-19(13-17-5-3-4-6-23(17)27)16-28-11-9-18(10-12-28)26-22-15-25(29)31-24-8-7-20(30-2)14-21(22)24/h3-8,13-15,18,26H,9-12,16H2,1-2H3. The van der Waals surface area contributed by atoms with Crippen LogP contribution < -0.4 is 15.7 Å². The molecule has 2 aromatic heterocycles. The lowest BCUT2D eigenvalue weighted by atomic mass is 10.0. The molecule has 0 spiro atoms. The van der Waals surface area contributed by atoms with Crippen LogP contribution in [-0.4, -0.2) is 35.7 Å². The van der Waals surface area contributed by atoms with Crippen LogP contribution in [0.1, 0.15) is 18.5 Å². The number of methoxy groups -OCH3 is 1. The van der Waals surface area contributed by atoms with E-state index >= 15 is 0 Å². The van der Waals surface area contributed by atoms with E-state index in [0.717, 1.165) is 49.3 Å². The van der Waals surface area contributed by atoms with Crippen molar-refractivity contribution in [3.63, 3.8) is 0 Å². The van der Waals surface area contributed by atoms with Gasteiger partial charge in [0.1, 0.15) is 11.3 Å². The van der Waals surface area contributed by atoms with Gasteiger partial charge in [-0.3, -0.25) is 4.90 Å². The number of likely N-dealkylation sites (tertiary alicyclic amines) is 1. The van der Waals surface area contributed by atoms with Crippen molar-refractivity contribution in [3.05, 3.63) is 70.7 Å². The minimum atomic E-state index is -0.339. The molecule has 3 heterocycles. The van der Waals surface area contributed by atoms with E-state index in [9.17, 15) is 4.79 Å². The molecule has 0 aliphatic carbocycles. The number of benzene rings is 2. The zero-order valence-corrected chi connectivity index (χ0v) is 17.9. The minimum Gasteiger partial charge on any atom is -0.497 e. The lowest BCUT2D eigenvalue weighted by molar-refractivity contribution is 0.207. The number of para-hydroxylation sites is 1. The first-order valence-electron chi connectivity index (χ1n) is 10.7. The zero-order valence-electron chi connectivity index (χ0n) is 17.9. The number of nitrogens with zero attached hydrogens (tertiary/aromatic N) is 2. The van der Waals surface area contributed by atoms with E-state index in [4.69, 9.17) is 9.15 Å². The molecular weight excluding hydrogens is 390 g/mol. The molecule has 0 bridgehead atoms. The molecule has 1 fully saturated rings. The molecule has 0 saturated carbocycles. The van der Waals surface area contributed by atoms with Crippen molar-refractivity contribution in [2.45, 2.75) is 25.4 Å². The summed E-state index contributed by atoms with van der Waals surface area (Å²) in [7, 11) is 3.78. The molecule has 0 radical (unpaired) electrons. The van der Waals surface area contributed by atoms with Gasteiger partial charge in [-0.05, 0) is 48.6 Å². The molecule has 0 atom stereocenters. The Hall–Kier alpha value is -3.25. The fourth-order valence-electron chi connectivity index (χ4n) is 4.57. The van der Waals surface area contributed by atoms with Crippen LogP contribution in [0.3, 0.4) is 0 Å². The van der Waals surface area contributed by atoms with Crippen molar-refractivity contribution in [2.75, 3.05) is 25.5 Å². The van der Waals surface area contributed by atoms with Gasteiger partial charge in [-0.15, -0.1) is 0 Å². The average Bonchev–Trinajstić information content (AvgIpc) is 3.10. The second kappa shape index (κ2) is 8.12. The maximum absolute atomic E-state index is 12.0. The molecule has 0 amide bonds. The van der Waals surface area contributed by atoms with Gasteiger partial charge in [0.25, 0.3) is 0 Å². The lowest BCUT2D eigenvalue weighted by Gasteiger charge is -2.33. The minimum absolute atomic E-state index is 0.319. The van der Waals surface area contributed by atoms with Crippen LogP contribution in [0.15, 0.2) is 63.8 Å². The SMILES string of the molecule is COc1ccc2oc(=O)cc(NC3CCN(Cc4cc5ccccc5n4C)CC3)c2c1. The number of fused-ring (bicyclic) bond motifs is 2. The topological polar surface area (TPSA) is 59.6 Å². The maximum atomic E-state index is 12.0. The summed E-state index contributed by atoms with van der Waals surface area (Å²) in [5.41, 5.74) is 3.67. The summed E-state index contributed by atoms with van der Waals surface area (Å²) in [5.74, 6) is 0.745. The van der Waals surface area contributed by atoms with Crippen LogP contribution in [0.2, 0.25) is 0 Å². The van der Waals surface area contributed by atoms with E-state index in [1.54, 1.807) is 25.3 Å². The van der Waals surface area contributed by atoms with Crippen molar-refractivity contribution >= 4 is 27.6 Å². The van der Waals surface area contributed by atoms with Crippen LogP contribution >= 0.6 is 0 Å². The van der Waals surface area contributed by atoms with Gasteiger partial charge in [-0.25, -0.2) is 4.79 Å². The first-order chi connectivity index (χ1) is 15.1. The Balaban J connectivity index is 1.28. The summed E-state index contributed by atoms with van der Waals surface area (Å²) < 4.78 is 13.0. The fraction of sp³-hybridized carbons (Fsp3) is 0.320. The van der Waals surface area contributed by atoms with Crippen LogP contribution in [0.4, 0.5) is 5.69 Å². The van der Waals surface area contributed by atoms with Crippen LogP contribution in [0.5, 0.6) is 5.75 Å². The lowest BCUT2D eigenvalue weighted by Crippen LogP contribution is -2.39. The largest absolute Gasteiger partial charge is 0.497 e. The number of hydrogen-bond donors (Lipinski definition) is 1. The van der Waals surface area contributed by atoms with Gasteiger partial charge in [0, 0.05) is 55.4 Å². The molecule has 0 unspecified atom stereocenters. The van der Waals surface area contributed by atoms with Crippen LogP contribution in [0, 0.1) is 0 Å². The first kappa shape index (κ1) is 19.7. The van der Waals surface area contributed by atoms with Gasteiger partial charge in [0.15, 0.2) is 0 Å². The van der Waals surface area contributed by atoms with E-state index in [2.05, 4.69) is 52.2 Å². The van der Waals surface area contributed by atoms with Crippen molar-refractivity contribution in [3.8, 4) is 5.75 Å². The van der Waals surface area contributed by atoms with Crippen molar-refractivity contribution < 1.29 is 9.15 Å². The molecule has 1 saturated heterocycles. The van der Waals surface area contributed by atoms with Crippen molar-refractivity contribution in [1.29, 1.82) is 0 Å². The quantitative estimate of drug-likeness (QED) is 0.489. The number of hydrogen-bond acceptors (Lipinski definition) is 5. The van der Waals surface area contributed by atoms with Crippen LogP contribution in [0.25, 0.3) is 21.9 Å². The Morgan fingerprint density at radius 3 is 2.68 bits per heavy atom. The molecule has 6 nitrogen and oxygen atoms in total. The number of rotatable bonds is 5. The van der Waals surface area contributed by atoms with Gasteiger partial charge in [-0.1, -0.05) is 18.2 Å². The molecule has 31 heavy (non-hydrogen) atoms. The Kier molecular flexibility index (Phi) is 5.16. The summed E-state index contributed by atoms with van der Waals surface area (Å²) in [5, 5.41) is 5.75. The average molecular weight is 418 g/mol. The van der Waals surface area contributed by atoms with E-state index in [-0.39, 0.29) is 5.63 Å². The van der Waals surface area contributed by atoms with Gasteiger partial charge in [0.2, 0.25) is 0 Å². The Morgan fingerprint density at radius 1 is 1.10 bits per heavy atom. The highest BCUT2D eigenvalue weighted by atomic mass is 16.5. The Labute approximate surface area is 181 Å². The van der Waals surface area contributed by atoms with E-state index in [1.165, 1.54) is 16.6 Å². The third kappa shape index (κ3) is 3.91. The van der Waals surface area contributed by atoms with Gasteiger partial charge in [0.05, 0.1) is 12.8 Å². The molecule has 1 aliphatic heterocycles. The third-order valence-electron chi connectivity index (χ3n) is 6.33. The number of aromatic nitrogens is 1. The zero-order chi connectivity index (χ0) is 21.4. The summed E-state index contributed by atoms with van der Waals surface area (Å²) in [6.45, 7) is 2.98. The second-order valence-electron chi connectivity index (χ2n) is 8.29. The van der Waals surface area contributed by atoms with Gasteiger partial charge in [-0.2, -0.15) is 0 Å². The molecule has 4 aromatic rings. The summed E-state index contributed by atoms with van der Waals surface area (Å²) in [6.07, 6.45) is 2.05.